The third kappa shape index (κ3) is 6.09. The first-order chi connectivity index (χ1) is 17.1. The quantitative estimate of drug-likeness (QED) is 0.292. The smallest absolute Gasteiger partial charge is 0.306 e. The van der Waals surface area contributed by atoms with E-state index in [1.54, 1.807) is 26.4 Å². The van der Waals surface area contributed by atoms with Gasteiger partial charge in [-0.1, -0.05) is 12.1 Å². The summed E-state index contributed by atoms with van der Waals surface area (Å²) in [5, 5.41) is 0. The Morgan fingerprint density at radius 1 is 1.03 bits per heavy atom. The van der Waals surface area contributed by atoms with Crippen LogP contribution in [0.1, 0.15) is 30.3 Å². The molecule has 4 aromatic rings. The summed E-state index contributed by atoms with van der Waals surface area (Å²) >= 11 is 0. The molecule has 2 heterocycles. The molecule has 0 saturated heterocycles. The Morgan fingerprint density at radius 2 is 1.89 bits per heavy atom. The van der Waals surface area contributed by atoms with Crippen molar-refractivity contribution in [3.63, 3.8) is 0 Å². The van der Waals surface area contributed by atoms with E-state index in [0.29, 0.717) is 31.1 Å². The van der Waals surface area contributed by atoms with Gasteiger partial charge in [0.25, 0.3) is 0 Å². The van der Waals surface area contributed by atoms with Crippen LogP contribution in [0.4, 0.5) is 0 Å². The molecule has 0 amide bonds. The maximum absolute atomic E-state index is 11.9. The van der Waals surface area contributed by atoms with Gasteiger partial charge in [-0.3, -0.25) is 9.78 Å². The van der Waals surface area contributed by atoms with Crippen molar-refractivity contribution in [2.75, 3.05) is 13.7 Å². The Balaban J connectivity index is 1.50. The molecule has 35 heavy (non-hydrogen) atoms. The first-order valence-corrected chi connectivity index (χ1v) is 11.5. The van der Waals surface area contributed by atoms with Crippen LogP contribution >= 0.6 is 0 Å². The molecular weight excluding hydrogens is 446 g/mol. The third-order valence-electron chi connectivity index (χ3n) is 5.61. The fourth-order valence-electron chi connectivity index (χ4n) is 3.70. The monoisotopic (exact) mass is 475 g/mol. The number of carbonyl (C=O) groups excluding carboxylic acids is 1. The summed E-state index contributed by atoms with van der Waals surface area (Å²) in [6.07, 6.45) is 4.27. The van der Waals surface area contributed by atoms with Gasteiger partial charge in [-0.2, -0.15) is 0 Å². The zero-order valence-electron chi connectivity index (χ0n) is 20.2. The summed E-state index contributed by atoms with van der Waals surface area (Å²) in [6.45, 7) is 2.81. The summed E-state index contributed by atoms with van der Waals surface area (Å²) in [5.74, 6) is 2.64. The van der Waals surface area contributed by atoms with Crippen LogP contribution in [0, 0.1) is 0 Å². The first kappa shape index (κ1) is 24.1. The number of carbonyl (C=O) groups is 1. The summed E-state index contributed by atoms with van der Waals surface area (Å²) in [5.41, 5.74) is 3.70. The van der Waals surface area contributed by atoms with E-state index in [4.69, 9.17) is 18.9 Å². The summed E-state index contributed by atoms with van der Waals surface area (Å²) < 4.78 is 24.6. The van der Waals surface area contributed by atoms with Crippen LogP contribution < -0.4 is 14.2 Å². The van der Waals surface area contributed by atoms with Gasteiger partial charge >= 0.3 is 5.97 Å². The maximum atomic E-state index is 11.9. The second kappa shape index (κ2) is 11.4. The van der Waals surface area contributed by atoms with Crippen LogP contribution in [0.3, 0.4) is 0 Å². The van der Waals surface area contributed by atoms with Gasteiger partial charge in [0.1, 0.15) is 36.3 Å². The van der Waals surface area contributed by atoms with Crippen molar-refractivity contribution < 1.29 is 23.7 Å². The van der Waals surface area contributed by atoms with Gasteiger partial charge in [0.05, 0.1) is 24.8 Å². The van der Waals surface area contributed by atoms with Crippen molar-refractivity contribution in [2.45, 2.75) is 33.0 Å². The van der Waals surface area contributed by atoms with Crippen molar-refractivity contribution in [3.8, 4) is 17.2 Å². The first-order valence-electron chi connectivity index (χ1n) is 11.5. The topological polar surface area (TPSA) is 84.7 Å². The number of aryl methyl sites for hydroxylation is 2. The SMILES string of the molecule is CCOC(=O)CCc1ccc(OCc2nc3ccc(OC)cc3n2C)cc1OCc1cccnc1. The number of aromatic nitrogens is 3. The molecule has 0 atom stereocenters. The van der Waals surface area contributed by atoms with E-state index in [0.717, 1.165) is 33.7 Å². The lowest BCUT2D eigenvalue weighted by Gasteiger charge is -2.14. The molecule has 182 valence electrons. The standard InChI is InChI=1S/C27H29N3O5/c1-4-33-27(31)12-8-20-7-9-22(15-25(20)35-17-19-6-5-13-28-16-19)34-18-26-29-23-11-10-21(32-3)14-24(23)30(26)2/h5-7,9-11,13-16H,4,8,12,17-18H2,1-3H3. The maximum Gasteiger partial charge on any atom is 0.306 e. The van der Waals surface area contributed by atoms with Gasteiger partial charge in [-0.15, -0.1) is 0 Å². The fourth-order valence-corrected chi connectivity index (χ4v) is 3.70. The van der Waals surface area contributed by atoms with E-state index in [1.807, 2.05) is 60.1 Å². The van der Waals surface area contributed by atoms with Crippen LogP contribution in [0.5, 0.6) is 17.2 Å². The van der Waals surface area contributed by atoms with E-state index < -0.39 is 0 Å². The second-order valence-corrected chi connectivity index (χ2v) is 7.95. The van der Waals surface area contributed by atoms with E-state index in [9.17, 15) is 4.79 Å². The lowest BCUT2D eigenvalue weighted by molar-refractivity contribution is -0.143. The number of methoxy groups -OCH3 is 1. The molecule has 0 aliphatic heterocycles. The van der Waals surface area contributed by atoms with Gasteiger partial charge in [0.2, 0.25) is 0 Å². The van der Waals surface area contributed by atoms with Crippen LogP contribution in [0.15, 0.2) is 60.9 Å². The molecule has 2 aromatic carbocycles. The number of ether oxygens (including phenoxy) is 4. The number of rotatable bonds is 11. The average Bonchev–Trinajstić information content (AvgIpc) is 3.20. The van der Waals surface area contributed by atoms with Crippen molar-refractivity contribution in [3.05, 3.63) is 77.9 Å². The predicted molar refractivity (Wildman–Crippen MR) is 132 cm³/mol. The fraction of sp³-hybridized carbons (Fsp3) is 0.296. The molecule has 0 N–H and O–H groups in total. The number of pyridine rings is 1. The number of hydrogen-bond acceptors (Lipinski definition) is 7. The number of benzene rings is 2. The summed E-state index contributed by atoms with van der Waals surface area (Å²) in [7, 11) is 3.60. The Hall–Kier alpha value is -4.07. The highest BCUT2D eigenvalue weighted by Gasteiger charge is 2.13. The van der Waals surface area contributed by atoms with E-state index >= 15 is 0 Å². The van der Waals surface area contributed by atoms with E-state index in [-0.39, 0.29) is 19.0 Å². The minimum absolute atomic E-state index is 0.232. The zero-order chi connectivity index (χ0) is 24.6. The lowest BCUT2D eigenvalue weighted by atomic mass is 10.1. The second-order valence-electron chi connectivity index (χ2n) is 7.95. The van der Waals surface area contributed by atoms with Gasteiger partial charge in [0, 0.05) is 43.6 Å². The molecule has 0 saturated carbocycles. The Morgan fingerprint density at radius 3 is 2.66 bits per heavy atom. The molecule has 8 nitrogen and oxygen atoms in total. The van der Waals surface area contributed by atoms with Gasteiger partial charge in [-0.25, -0.2) is 4.98 Å². The number of hydrogen-bond donors (Lipinski definition) is 0. The molecule has 2 aromatic heterocycles. The predicted octanol–water partition coefficient (Wildman–Crippen LogP) is 4.63. The van der Waals surface area contributed by atoms with Crippen LogP contribution in [0.25, 0.3) is 11.0 Å². The highest BCUT2D eigenvalue weighted by atomic mass is 16.5. The van der Waals surface area contributed by atoms with E-state index in [2.05, 4.69) is 9.97 Å². The third-order valence-corrected chi connectivity index (χ3v) is 5.61. The van der Waals surface area contributed by atoms with Crippen molar-refractivity contribution in [1.29, 1.82) is 0 Å². The Bertz CT molecular complexity index is 1290. The molecule has 8 heteroatoms. The van der Waals surface area contributed by atoms with Gasteiger partial charge in [0.15, 0.2) is 0 Å². The average molecular weight is 476 g/mol. The normalized spacial score (nSPS) is 10.8. The van der Waals surface area contributed by atoms with Crippen molar-refractivity contribution in [1.82, 2.24) is 14.5 Å². The molecule has 0 radical (unpaired) electrons. The van der Waals surface area contributed by atoms with Gasteiger partial charge in [-0.05, 0) is 43.2 Å². The summed E-state index contributed by atoms with van der Waals surface area (Å²) in [6, 6.07) is 15.2. The lowest BCUT2D eigenvalue weighted by Crippen LogP contribution is -2.07. The zero-order valence-corrected chi connectivity index (χ0v) is 20.2. The Kier molecular flexibility index (Phi) is 7.82. The molecule has 0 aliphatic carbocycles. The molecule has 0 unspecified atom stereocenters. The largest absolute Gasteiger partial charge is 0.497 e. The highest BCUT2D eigenvalue weighted by Crippen LogP contribution is 2.28. The van der Waals surface area contributed by atoms with Crippen molar-refractivity contribution >= 4 is 17.0 Å². The molecule has 0 fully saturated rings. The summed E-state index contributed by atoms with van der Waals surface area (Å²) in [4.78, 5) is 20.7. The van der Waals surface area contributed by atoms with E-state index in [1.165, 1.54) is 0 Å². The molecule has 0 spiro atoms. The molecule has 0 bridgehead atoms. The molecule has 0 aliphatic rings. The highest BCUT2D eigenvalue weighted by molar-refractivity contribution is 5.77. The number of fused-ring (bicyclic) bond motifs is 1. The number of imidazole rings is 1. The van der Waals surface area contributed by atoms with Crippen LogP contribution in [-0.4, -0.2) is 34.2 Å². The molecule has 4 rings (SSSR count). The number of esters is 1. The minimum atomic E-state index is -0.232. The van der Waals surface area contributed by atoms with Gasteiger partial charge < -0.3 is 23.5 Å². The minimum Gasteiger partial charge on any atom is -0.497 e. The van der Waals surface area contributed by atoms with Crippen LogP contribution in [-0.2, 0) is 36.2 Å². The van der Waals surface area contributed by atoms with Crippen molar-refractivity contribution in [2.24, 2.45) is 7.05 Å². The number of nitrogens with zero attached hydrogens (tertiary/aromatic N) is 3. The molecular formula is C27H29N3O5. The Labute approximate surface area is 204 Å². The van der Waals surface area contributed by atoms with Crippen LogP contribution in [0.2, 0.25) is 0 Å².